The number of rotatable bonds is 1. The molecule has 4 nitrogen and oxygen atoms in total. The molecule has 2 rings (SSSR count). The lowest BCUT2D eigenvalue weighted by Crippen LogP contribution is -1.98. The van der Waals surface area contributed by atoms with E-state index in [9.17, 15) is 4.39 Å². The predicted octanol–water partition coefficient (Wildman–Crippen LogP) is 1.75. The quantitative estimate of drug-likeness (QED) is 0.846. The number of pyridine rings is 1. The molecule has 14 heavy (non-hydrogen) atoms. The molecule has 0 bridgehead atoms. The Morgan fingerprint density at radius 2 is 2.21 bits per heavy atom. The third kappa shape index (κ3) is 1.60. The maximum absolute atomic E-state index is 12.6. The van der Waals surface area contributed by atoms with Gasteiger partial charge in [-0.25, -0.2) is 14.1 Å². The van der Waals surface area contributed by atoms with Crippen molar-refractivity contribution in [1.29, 1.82) is 0 Å². The van der Waals surface area contributed by atoms with Crippen molar-refractivity contribution in [2.24, 2.45) is 0 Å². The van der Waals surface area contributed by atoms with Crippen LogP contribution in [0.25, 0.3) is 5.82 Å². The van der Waals surface area contributed by atoms with E-state index >= 15 is 0 Å². The predicted molar refractivity (Wildman–Crippen MR) is 53.4 cm³/mol. The highest BCUT2D eigenvalue weighted by molar-refractivity contribution is 9.10. The van der Waals surface area contributed by atoms with Gasteiger partial charge in [-0.05, 0) is 28.1 Å². The van der Waals surface area contributed by atoms with Gasteiger partial charge in [0.25, 0.3) is 0 Å². The van der Waals surface area contributed by atoms with Crippen LogP contribution < -0.4 is 5.73 Å². The lowest BCUT2D eigenvalue weighted by molar-refractivity contribution is 0.619. The topological polar surface area (TPSA) is 56.7 Å². The first-order valence-electron chi connectivity index (χ1n) is 3.79. The van der Waals surface area contributed by atoms with Crippen LogP contribution in [0, 0.1) is 5.82 Å². The number of aromatic nitrogens is 3. The van der Waals surface area contributed by atoms with E-state index in [-0.39, 0.29) is 5.82 Å². The van der Waals surface area contributed by atoms with Crippen LogP contribution in [0.1, 0.15) is 0 Å². The molecule has 0 amide bonds. The summed E-state index contributed by atoms with van der Waals surface area (Å²) < 4.78 is 14.7. The Morgan fingerprint density at radius 3 is 2.71 bits per heavy atom. The van der Waals surface area contributed by atoms with Crippen LogP contribution in [-0.2, 0) is 0 Å². The van der Waals surface area contributed by atoms with E-state index in [2.05, 4.69) is 26.0 Å². The van der Waals surface area contributed by atoms with Gasteiger partial charge in [0.05, 0.1) is 10.7 Å². The van der Waals surface area contributed by atoms with E-state index in [1.165, 1.54) is 16.8 Å². The van der Waals surface area contributed by atoms with Crippen molar-refractivity contribution >= 4 is 21.7 Å². The molecule has 2 N–H and O–H groups in total. The SMILES string of the molecule is Nc1nn(-c2ccc(F)cn2)cc1Br. The molecule has 2 aromatic heterocycles. The summed E-state index contributed by atoms with van der Waals surface area (Å²) in [5, 5.41) is 3.97. The molecular formula is C8H6BrFN4. The standard InChI is InChI=1S/C8H6BrFN4/c9-6-4-14(13-8(6)11)7-2-1-5(10)3-12-7/h1-4H,(H2,11,13). The van der Waals surface area contributed by atoms with E-state index in [1.807, 2.05) is 0 Å². The molecule has 0 spiro atoms. The second kappa shape index (κ2) is 3.38. The number of halogens is 2. The molecule has 0 aliphatic rings. The zero-order chi connectivity index (χ0) is 10.1. The zero-order valence-electron chi connectivity index (χ0n) is 6.98. The molecule has 0 atom stereocenters. The third-order valence-corrected chi connectivity index (χ3v) is 2.25. The summed E-state index contributed by atoms with van der Waals surface area (Å²) in [7, 11) is 0. The summed E-state index contributed by atoms with van der Waals surface area (Å²) in [5.74, 6) is 0.507. The van der Waals surface area contributed by atoms with Crippen molar-refractivity contribution < 1.29 is 4.39 Å². The second-order valence-electron chi connectivity index (χ2n) is 2.64. The highest BCUT2D eigenvalue weighted by Crippen LogP contribution is 2.18. The molecule has 72 valence electrons. The fourth-order valence-corrected chi connectivity index (χ4v) is 1.26. The van der Waals surface area contributed by atoms with Crippen LogP contribution >= 0.6 is 15.9 Å². The number of hydrogen-bond donors (Lipinski definition) is 1. The van der Waals surface area contributed by atoms with Crippen LogP contribution in [0.5, 0.6) is 0 Å². The van der Waals surface area contributed by atoms with Crippen LogP contribution in [0.3, 0.4) is 0 Å². The fraction of sp³-hybridized carbons (Fsp3) is 0. The minimum atomic E-state index is -0.382. The van der Waals surface area contributed by atoms with Crippen molar-refractivity contribution in [1.82, 2.24) is 14.8 Å². The van der Waals surface area contributed by atoms with Gasteiger partial charge in [0.15, 0.2) is 11.6 Å². The fourth-order valence-electron chi connectivity index (χ4n) is 0.987. The Hall–Kier alpha value is -1.43. The smallest absolute Gasteiger partial charge is 0.160 e. The molecule has 0 aromatic carbocycles. The molecule has 2 aromatic rings. The van der Waals surface area contributed by atoms with Crippen LogP contribution in [-0.4, -0.2) is 14.8 Å². The first kappa shape index (κ1) is 9.14. The van der Waals surface area contributed by atoms with Crippen LogP contribution in [0.2, 0.25) is 0 Å². The van der Waals surface area contributed by atoms with Gasteiger partial charge in [-0.3, -0.25) is 0 Å². The third-order valence-electron chi connectivity index (χ3n) is 1.64. The first-order chi connectivity index (χ1) is 6.66. The highest BCUT2D eigenvalue weighted by Gasteiger charge is 2.04. The number of anilines is 1. The average molecular weight is 257 g/mol. The number of nitrogens with zero attached hydrogens (tertiary/aromatic N) is 3. The Bertz CT molecular complexity index is 431. The molecule has 0 saturated heterocycles. The van der Waals surface area contributed by atoms with Gasteiger partial charge in [0.1, 0.15) is 5.82 Å². The molecule has 6 heteroatoms. The van der Waals surface area contributed by atoms with Gasteiger partial charge >= 0.3 is 0 Å². The zero-order valence-corrected chi connectivity index (χ0v) is 8.57. The monoisotopic (exact) mass is 256 g/mol. The van der Waals surface area contributed by atoms with Gasteiger partial charge in [0, 0.05) is 6.20 Å². The molecule has 0 fully saturated rings. The summed E-state index contributed by atoms with van der Waals surface area (Å²) in [4.78, 5) is 3.85. The Labute approximate surface area is 87.7 Å². The van der Waals surface area contributed by atoms with Gasteiger partial charge in [-0.1, -0.05) is 0 Å². The Balaban J connectivity index is 2.44. The van der Waals surface area contributed by atoms with Crippen molar-refractivity contribution in [2.45, 2.75) is 0 Å². The van der Waals surface area contributed by atoms with Crippen molar-refractivity contribution in [2.75, 3.05) is 5.73 Å². The maximum atomic E-state index is 12.6. The van der Waals surface area contributed by atoms with Gasteiger partial charge in [-0.15, -0.1) is 5.10 Å². The van der Waals surface area contributed by atoms with E-state index in [0.29, 0.717) is 16.1 Å². The van der Waals surface area contributed by atoms with Crippen LogP contribution in [0.4, 0.5) is 10.2 Å². The minimum absolute atomic E-state index is 0.371. The van der Waals surface area contributed by atoms with Crippen molar-refractivity contribution in [3.05, 3.63) is 34.8 Å². The highest BCUT2D eigenvalue weighted by atomic mass is 79.9. The molecule has 2 heterocycles. The Kier molecular flexibility index (Phi) is 2.20. The molecule has 0 saturated carbocycles. The lowest BCUT2D eigenvalue weighted by atomic mass is 10.4. The van der Waals surface area contributed by atoms with E-state index < -0.39 is 0 Å². The molecule has 0 unspecified atom stereocenters. The van der Waals surface area contributed by atoms with Gasteiger partial charge in [0.2, 0.25) is 0 Å². The number of hydrogen-bond acceptors (Lipinski definition) is 3. The van der Waals surface area contributed by atoms with Crippen molar-refractivity contribution in [3.63, 3.8) is 0 Å². The largest absolute Gasteiger partial charge is 0.381 e. The molecule has 0 aliphatic heterocycles. The summed E-state index contributed by atoms with van der Waals surface area (Å²) in [6, 6.07) is 2.84. The van der Waals surface area contributed by atoms with Gasteiger partial charge < -0.3 is 5.73 Å². The summed E-state index contributed by atoms with van der Waals surface area (Å²) in [6.07, 6.45) is 2.79. The first-order valence-corrected chi connectivity index (χ1v) is 4.58. The maximum Gasteiger partial charge on any atom is 0.160 e. The average Bonchev–Trinajstić information content (AvgIpc) is 2.48. The van der Waals surface area contributed by atoms with Gasteiger partial charge in [-0.2, -0.15) is 0 Å². The van der Waals surface area contributed by atoms with Crippen molar-refractivity contribution in [3.8, 4) is 5.82 Å². The van der Waals surface area contributed by atoms with E-state index in [1.54, 1.807) is 6.20 Å². The normalized spacial score (nSPS) is 10.4. The molecule has 0 aliphatic carbocycles. The van der Waals surface area contributed by atoms with E-state index in [0.717, 1.165) is 6.20 Å². The minimum Gasteiger partial charge on any atom is -0.381 e. The summed E-state index contributed by atoms with van der Waals surface area (Å²) in [6.45, 7) is 0. The number of nitrogens with two attached hydrogens (primary N) is 1. The number of nitrogen functional groups attached to an aromatic ring is 1. The summed E-state index contributed by atoms with van der Waals surface area (Å²) in [5.41, 5.74) is 5.53. The van der Waals surface area contributed by atoms with E-state index in [4.69, 9.17) is 5.73 Å². The van der Waals surface area contributed by atoms with Crippen LogP contribution in [0.15, 0.2) is 29.0 Å². The molecule has 0 radical (unpaired) electrons. The second-order valence-corrected chi connectivity index (χ2v) is 3.50. The Morgan fingerprint density at radius 1 is 1.43 bits per heavy atom. The molecular weight excluding hydrogens is 251 g/mol. The lowest BCUT2D eigenvalue weighted by Gasteiger charge is -1.97. The summed E-state index contributed by atoms with van der Waals surface area (Å²) >= 11 is 3.22.